The lowest BCUT2D eigenvalue weighted by Crippen LogP contribution is -2.34. The second-order valence-electron chi connectivity index (χ2n) is 6.29. The fourth-order valence-electron chi connectivity index (χ4n) is 4.12. The smallest absolute Gasteiger partial charge is 0.204 e. The molecule has 6 heteroatoms. The van der Waals surface area contributed by atoms with Gasteiger partial charge in [0.25, 0.3) is 0 Å². The van der Waals surface area contributed by atoms with Crippen molar-refractivity contribution in [3.63, 3.8) is 0 Å². The Kier molecular flexibility index (Phi) is 3.65. The molecule has 0 aromatic heterocycles. The van der Waals surface area contributed by atoms with Crippen molar-refractivity contribution >= 4 is 0 Å². The summed E-state index contributed by atoms with van der Waals surface area (Å²) in [7, 11) is 4.57. The molecule has 0 radical (unpaired) electrons. The average molecular weight is 343 g/mol. The van der Waals surface area contributed by atoms with Crippen LogP contribution in [0.15, 0.2) is 12.1 Å². The number of methoxy groups -OCH3 is 3. The third-order valence-corrected chi connectivity index (χ3v) is 5.17. The highest BCUT2D eigenvalue weighted by Gasteiger charge is 2.38. The van der Waals surface area contributed by atoms with Crippen molar-refractivity contribution < 1.29 is 24.4 Å². The van der Waals surface area contributed by atoms with Gasteiger partial charge in [0.05, 0.1) is 21.3 Å². The number of aromatic hydroxyl groups is 2. The Balaban J connectivity index is 2.15. The summed E-state index contributed by atoms with van der Waals surface area (Å²) >= 11 is 0. The zero-order chi connectivity index (χ0) is 17.7. The lowest BCUT2D eigenvalue weighted by molar-refractivity contribution is 0.327. The van der Waals surface area contributed by atoms with E-state index in [9.17, 15) is 10.2 Å². The van der Waals surface area contributed by atoms with Crippen LogP contribution in [0.25, 0.3) is 11.1 Å². The first-order valence-corrected chi connectivity index (χ1v) is 8.24. The Labute approximate surface area is 146 Å². The zero-order valence-corrected chi connectivity index (χ0v) is 14.5. The number of ether oxygens (including phenoxy) is 3. The summed E-state index contributed by atoms with van der Waals surface area (Å²) in [5.74, 6) is 1.33. The first kappa shape index (κ1) is 15.9. The van der Waals surface area contributed by atoms with Crippen LogP contribution in [0, 0.1) is 0 Å². The first-order chi connectivity index (χ1) is 12.1. The number of fused-ring (bicyclic) bond motifs is 2. The molecule has 132 valence electrons. The van der Waals surface area contributed by atoms with Gasteiger partial charge in [-0.2, -0.15) is 0 Å². The van der Waals surface area contributed by atoms with E-state index in [2.05, 4.69) is 5.32 Å². The lowest BCUT2D eigenvalue weighted by atomic mass is 9.76. The number of hydrogen-bond acceptors (Lipinski definition) is 6. The molecule has 0 amide bonds. The van der Waals surface area contributed by atoms with Crippen LogP contribution in [0.5, 0.6) is 28.7 Å². The number of nitrogens with one attached hydrogen (secondary N) is 1. The largest absolute Gasteiger partial charge is 0.504 e. The molecule has 0 saturated carbocycles. The van der Waals surface area contributed by atoms with E-state index in [0.29, 0.717) is 29.2 Å². The maximum atomic E-state index is 10.8. The van der Waals surface area contributed by atoms with Gasteiger partial charge in [-0.25, -0.2) is 0 Å². The SMILES string of the molecule is COc1ccc2c(c1O)-c1c(OC)c(OC)c(O)c3c1[C@@H](C2)NCC3. The third kappa shape index (κ3) is 2.07. The van der Waals surface area contributed by atoms with Gasteiger partial charge in [0, 0.05) is 22.7 Å². The Morgan fingerprint density at radius 3 is 2.40 bits per heavy atom. The van der Waals surface area contributed by atoms with E-state index < -0.39 is 0 Å². The lowest BCUT2D eigenvalue weighted by Gasteiger charge is -2.36. The summed E-state index contributed by atoms with van der Waals surface area (Å²) in [6.45, 7) is 0.775. The highest BCUT2D eigenvalue weighted by Crippen LogP contribution is 2.57. The van der Waals surface area contributed by atoms with Crippen molar-refractivity contribution in [2.45, 2.75) is 18.9 Å². The van der Waals surface area contributed by atoms with Crippen LogP contribution in [0.4, 0.5) is 0 Å². The molecule has 2 aliphatic rings. The van der Waals surface area contributed by atoms with Crippen LogP contribution in [0.2, 0.25) is 0 Å². The minimum atomic E-state index is 0.0600. The van der Waals surface area contributed by atoms with Gasteiger partial charge in [0.2, 0.25) is 5.75 Å². The maximum absolute atomic E-state index is 10.8. The van der Waals surface area contributed by atoms with Gasteiger partial charge in [-0.3, -0.25) is 0 Å². The van der Waals surface area contributed by atoms with Crippen LogP contribution < -0.4 is 19.5 Å². The van der Waals surface area contributed by atoms with Crippen molar-refractivity contribution in [2.75, 3.05) is 27.9 Å². The molecule has 1 atom stereocenters. The molecule has 4 rings (SSSR count). The van der Waals surface area contributed by atoms with Crippen molar-refractivity contribution in [2.24, 2.45) is 0 Å². The molecular weight excluding hydrogens is 322 g/mol. The van der Waals surface area contributed by atoms with Gasteiger partial charge < -0.3 is 29.7 Å². The molecule has 1 aliphatic heterocycles. The van der Waals surface area contributed by atoms with Crippen LogP contribution in [-0.4, -0.2) is 38.1 Å². The zero-order valence-electron chi connectivity index (χ0n) is 14.5. The van der Waals surface area contributed by atoms with E-state index in [1.807, 2.05) is 6.07 Å². The summed E-state index contributed by atoms with van der Waals surface area (Å²) in [5, 5.41) is 25.0. The molecule has 0 fully saturated rings. The van der Waals surface area contributed by atoms with Crippen LogP contribution in [-0.2, 0) is 12.8 Å². The first-order valence-electron chi connectivity index (χ1n) is 8.24. The van der Waals surface area contributed by atoms with Gasteiger partial charge in [-0.1, -0.05) is 6.07 Å². The third-order valence-electron chi connectivity index (χ3n) is 5.17. The standard InChI is InChI=1S/C19H21NO5/c1-23-12-5-4-9-8-11-14-10(6-7-20-11)16(21)19(25-3)18(24-2)15(14)13(9)17(12)22/h4-5,11,20-22H,6-8H2,1-3H3/t11-/m1/s1. The van der Waals surface area contributed by atoms with E-state index in [1.165, 1.54) is 21.3 Å². The second kappa shape index (κ2) is 5.74. The number of hydrogen-bond donors (Lipinski definition) is 3. The van der Waals surface area contributed by atoms with Gasteiger partial charge in [0.15, 0.2) is 23.0 Å². The molecule has 0 spiro atoms. The van der Waals surface area contributed by atoms with Crippen molar-refractivity contribution in [3.05, 3.63) is 28.8 Å². The highest BCUT2D eigenvalue weighted by atomic mass is 16.5. The van der Waals surface area contributed by atoms with E-state index >= 15 is 0 Å². The number of benzene rings is 2. The van der Waals surface area contributed by atoms with Gasteiger partial charge >= 0.3 is 0 Å². The monoisotopic (exact) mass is 343 g/mol. The predicted octanol–water partition coefficient (Wildman–Crippen LogP) is 2.53. The van der Waals surface area contributed by atoms with E-state index in [4.69, 9.17) is 14.2 Å². The Morgan fingerprint density at radius 1 is 0.960 bits per heavy atom. The molecule has 1 aliphatic carbocycles. The number of phenolic OH excluding ortho intramolecular Hbond substituents is 2. The quantitative estimate of drug-likeness (QED) is 0.795. The summed E-state index contributed by atoms with van der Waals surface area (Å²) in [4.78, 5) is 0. The van der Waals surface area contributed by atoms with Gasteiger partial charge in [-0.05, 0) is 36.6 Å². The molecule has 2 aromatic rings. The van der Waals surface area contributed by atoms with Crippen LogP contribution >= 0.6 is 0 Å². The maximum Gasteiger partial charge on any atom is 0.204 e. The molecular formula is C19H21NO5. The van der Waals surface area contributed by atoms with Crippen LogP contribution in [0.3, 0.4) is 0 Å². The van der Waals surface area contributed by atoms with Crippen molar-refractivity contribution in [3.8, 4) is 39.9 Å². The molecule has 25 heavy (non-hydrogen) atoms. The van der Waals surface area contributed by atoms with Gasteiger partial charge in [-0.15, -0.1) is 0 Å². The molecule has 0 saturated heterocycles. The topological polar surface area (TPSA) is 80.2 Å². The predicted molar refractivity (Wildman–Crippen MR) is 93.0 cm³/mol. The molecule has 2 aromatic carbocycles. The fourth-order valence-corrected chi connectivity index (χ4v) is 4.12. The van der Waals surface area contributed by atoms with Gasteiger partial charge in [0.1, 0.15) is 0 Å². The molecule has 3 N–H and O–H groups in total. The summed E-state index contributed by atoms with van der Waals surface area (Å²) in [6, 6.07) is 3.79. The second-order valence-corrected chi connectivity index (χ2v) is 6.29. The highest BCUT2D eigenvalue weighted by molar-refractivity contribution is 5.90. The average Bonchev–Trinajstić information content (AvgIpc) is 2.63. The Morgan fingerprint density at radius 2 is 1.72 bits per heavy atom. The normalized spacial score (nSPS) is 17.5. The van der Waals surface area contributed by atoms with E-state index in [-0.39, 0.29) is 17.5 Å². The number of phenols is 2. The molecule has 6 nitrogen and oxygen atoms in total. The minimum absolute atomic E-state index is 0.0600. The minimum Gasteiger partial charge on any atom is -0.504 e. The van der Waals surface area contributed by atoms with Crippen molar-refractivity contribution in [1.82, 2.24) is 5.32 Å². The Bertz CT molecular complexity index is 862. The summed E-state index contributed by atoms with van der Waals surface area (Å²) in [6.07, 6.45) is 1.41. The van der Waals surface area contributed by atoms with E-state index in [1.54, 1.807) is 6.07 Å². The number of rotatable bonds is 3. The summed E-state index contributed by atoms with van der Waals surface area (Å²) in [5.41, 5.74) is 4.27. The fraction of sp³-hybridized carbons (Fsp3) is 0.368. The van der Waals surface area contributed by atoms with Crippen molar-refractivity contribution in [1.29, 1.82) is 0 Å². The molecule has 1 heterocycles. The molecule has 0 unspecified atom stereocenters. The molecule has 0 bridgehead atoms. The van der Waals surface area contributed by atoms with E-state index in [0.717, 1.165) is 35.2 Å². The Hall–Kier alpha value is -2.60. The summed E-state index contributed by atoms with van der Waals surface area (Å²) < 4.78 is 16.3. The van der Waals surface area contributed by atoms with Crippen LogP contribution in [0.1, 0.15) is 22.7 Å².